The van der Waals surface area contributed by atoms with Crippen LogP contribution >= 0.6 is 12.4 Å². The second kappa shape index (κ2) is 7.57. The lowest BCUT2D eigenvalue weighted by Gasteiger charge is -2.31. The molecule has 1 atom stereocenters. The molecule has 2 aromatic rings. The van der Waals surface area contributed by atoms with Gasteiger partial charge in [-0.3, -0.25) is 9.78 Å². The molecule has 0 radical (unpaired) electrons. The molecular formula is C18H22ClN3O. The standard InChI is InChI=1S/C18H21N3O.ClH/c1-13-4-3-5-15(8-13)16-9-17(11-19-10-16)18(22)21-7-6-20-14(2)12-21;/h3-5,8-11,14,20H,6-7,12H2,1-2H3;1H/t14-;/m1./s1. The molecular weight excluding hydrogens is 310 g/mol. The first-order valence-corrected chi connectivity index (χ1v) is 7.68. The van der Waals surface area contributed by atoms with Crippen LogP contribution in [0.3, 0.4) is 0 Å². The van der Waals surface area contributed by atoms with Crippen molar-refractivity contribution in [3.63, 3.8) is 0 Å². The molecule has 0 spiro atoms. The first-order valence-electron chi connectivity index (χ1n) is 7.68. The van der Waals surface area contributed by atoms with Crippen LogP contribution in [-0.4, -0.2) is 41.5 Å². The lowest BCUT2D eigenvalue weighted by atomic mass is 10.0. The zero-order valence-corrected chi connectivity index (χ0v) is 14.3. The van der Waals surface area contributed by atoms with Crippen LogP contribution in [0.4, 0.5) is 0 Å². The lowest BCUT2D eigenvalue weighted by molar-refractivity contribution is 0.0708. The third-order valence-corrected chi connectivity index (χ3v) is 3.99. The van der Waals surface area contributed by atoms with Gasteiger partial charge in [0.25, 0.3) is 5.91 Å². The number of piperazine rings is 1. The first kappa shape index (κ1) is 17.4. The molecule has 0 aliphatic carbocycles. The van der Waals surface area contributed by atoms with Crippen molar-refractivity contribution in [3.05, 3.63) is 53.9 Å². The van der Waals surface area contributed by atoms with Crippen molar-refractivity contribution in [2.24, 2.45) is 0 Å². The number of nitrogens with one attached hydrogen (secondary N) is 1. The normalized spacial score (nSPS) is 17.5. The van der Waals surface area contributed by atoms with Crippen molar-refractivity contribution in [1.82, 2.24) is 15.2 Å². The molecule has 1 amide bonds. The predicted octanol–water partition coefficient (Wildman–Crippen LogP) is 2.91. The van der Waals surface area contributed by atoms with Crippen molar-refractivity contribution >= 4 is 18.3 Å². The topological polar surface area (TPSA) is 45.2 Å². The van der Waals surface area contributed by atoms with E-state index in [1.165, 1.54) is 5.56 Å². The van der Waals surface area contributed by atoms with Crippen LogP contribution in [-0.2, 0) is 0 Å². The highest BCUT2D eigenvalue weighted by molar-refractivity contribution is 5.95. The van der Waals surface area contributed by atoms with Crippen LogP contribution in [0.15, 0.2) is 42.7 Å². The molecule has 23 heavy (non-hydrogen) atoms. The molecule has 1 aromatic heterocycles. The zero-order chi connectivity index (χ0) is 15.5. The maximum Gasteiger partial charge on any atom is 0.255 e. The smallest absolute Gasteiger partial charge is 0.255 e. The van der Waals surface area contributed by atoms with Crippen molar-refractivity contribution in [2.75, 3.05) is 19.6 Å². The molecule has 0 bridgehead atoms. The largest absolute Gasteiger partial charge is 0.336 e. The Bertz CT molecular complexity index is 689. The molecule has 5 heteroatoms. The molecule has 0 unspecified atom stereocenters. The average Bonchev–Trinajstić information content (AvgIpc) is 2.54. The van der Waals surface area contributed by atoms with Gasteiger partial charge in [-0.05, 0) is 25.5 Å². The van der Waals surface area contributed by atoms with E-state index in [9.17, 15) is 4.79 Å². The molecule has 2 heterocycles. The second-order valence-corrected chi connectivity index (χ2v) is 5.94. The Morgan fingerprint density at radius 2 is 2.09 bits per heavy atom. The van der Waals surface area contributed by atoms with E-state index in [1.54, 1.807) is 6.20 Å². The van der Waals surface area contributed by atoms with E-state index in [0.717, 1.165) is 30.8 Å². The van der Waals surface area contributed by atoms with Gasteiger partial charge in [-0.2, -0.15) is 0 Å². The van der Waals surface area contributed by atoms with Crippen molar-refractivity contribution in [1.29, 1.82) is 0 Å². The summed E-state index contributed by atoms with van der Waals surface area (Å²) in [5.41, 5.74) is 3.94. The van der Waals surface area contributed by atoms with Crippen LogP contribution < -0.4 is 5.32 Å². The molecule has 3 rings (SSSR count). The number of aromatic nitrogens is 1. The summed E-state index contributed by atoms with van der Waals surface area (Å²) in [7, 11) is 0. The number of benzene rings is 1. The summed E-state index contributed by atoms with van der Waals surface area (Å²) in [5, 5.41) is 3.35. The number of halogens is 1. The molecule has 1 aliphatic rings. The van der Waals surface area contributed by atoms with Gasteiger partial charge in [-0.15, -0.1) is 12.4 Å². The summed E-state index contributed by atoms with van der Waals surface area (Å²) in [6, 6.07) is 10.5. The van der Waals surface area contributed by atoms with Gasteiger partial charge in [0.15, 0.2) is 0 Å². The number of aryl methyl sites for hydroxylation is 1. The third kappa shape index (κ3) is 4.09. The minimum atomic E-state index is 0. The molecule has 122 valence electrons. The number of amides is 1. The summed E-state index contributed by atoms with van der Waals surface area (Å²) in [6.07, 6.45) is 3.47. The molecule has 1 fully saturated rings. The highest BCUT2D eigenvalue weighted by atomic mass is 35.5. The van der Waals surface area contributed by atoms with E-state index < -0.39 is 0 Å². The minimum absolute atomic E-state index is 0. The minimum Gasteiger partial charge on any atom is -0.336 e. The number of hydrogen-bond acceptors (Lipinski definition) is 3. The van der Waals surface area contributed by atoms with Crippen LogP contribution in [0.2, 0.25) is 0 Å². The van der Waals surface area contributed by atoms with Crippen molar-refractivity contribution in [3.8, 4) is 11.1 Å². The number of carbonyl (C=O) groups excluding carboxylic acids is 1. The van der Waals surface area contributed by atoms with E-state index in [0.29, 0.717) is 11.6 Å². The van der Waals surface area contributed by atoms with Crippen LogP contribution in [0.1, 0.15) is 22.8 Å². The van der Waals surface area contributed by atoms with Gasteiger partial charge in [0.2, 0.25) is 0 Å². The molecule has 1 aromatic carbocycles. The second-order valence-electron chi connectivity index (χ2n) is 5.94. The summed E-state index contributed by atoms with van der Waals surface area (Å²) < 4.78 is 0. The summed E-state index contributed by atoms with van der Waals surface area (Å²) in [6.45, 7) is 6.50. The lowest BCUT2D eigenvalue weighted by Crippen LogP contribution is -2.51. The number of pyridine rings is 1. The number of nitrogens with zero attached hydrogens (tertiary/aromatic N) is 2. The van der Waals surface area contributed by atoms with E-state index in [-0.39, 0.29) is 18.3 Å². The Morgan fingerprint density at radius 1 is 1.26 bits per heavy atom. The summed E-state index contributed by atoms with van der Waals surface area (Å²) in [5.74, 6) is 0.0651. The Balaban J connectivity index is 0.00000192. The zero-order valence-electron chi connectivity index (χ0n) is 13.5. The van der Waals surface area contributed by atoms with Crippen molar-refractivity contribution in [2.45, 2.75) is 19.9 Å². The van der Waals surface area contributed by atoms with Gasteiger partial charge in [-0.25, -0.2) is 0 Å². The predicted molar refractivity (Wildman–Crippen MR) is 95.0 cm³/mol. The highest BCUT2D eigenvalue weighted by Crippen LogP contribution is 2.21. The van der Waals surface area contributed by atoms with E-state index in [1.807, 2.05) is 29.3 Å². The monoisotopic (exact) mass is 331 g/mol. The fourth-order valence-corrected chi connectivity index (χ4v) is 2.84. The first-order chi connectivity index (χ1) is 10.6. The molecule has 0 saturated carbocycles. The van der Waals surface area contributed by atoms with Gasteiger partial charge in [0, 0.05) is 43.6 Å². The van der Waals surface area contributed by atoms with E-state index in [4.69, 9.17) is 0 Å². The fourth-order valence-electron chi connectivity index (χ4n) is 2.84. The number of hydrogen-bond donors (Lipinski definition) is 1. The van der Waals surface area contributed by atoms with Gasteiger partial charge >= 0.3 is 0 Å². The summed E-state index contributed by atoms with van der Waals surface area (Å²) >= 11 is 0. The van der Waals surface area contributed by atoms with Gasteiger partial charge in [-0.1, -0.05) is 29.8 Å². The Morgan fingerprint density at radius 3 is 2.83 bits per heavy atom. The Hall–Kier alpha value is -1.91. The maximum atomic E-state index is 12.7. The maximum absolute atomic E-state index is 12.7. The van der Waals surface area contributed by atoms with Gasteiger partial charge in [0.1, 0.15) is 0 Å². The quantitative estimate of drug-likeness (QED) is 0.920. The third-order valence-electron chi connectivity index (χ3n) is 3.99. The van der Waals surface area contributed by atoms with Crippen LogP contribution in [0.25, 0.3) is 11.1 Å². The van der Waals surface area contributed by atoms with Gasteiger partial charge < -0.3 is 10.2 Å². The van der Waals surface area contributed by atoms with Crippen molar-refractivity contribution < 1.29 is 4.79 Å². The van der Waals surface area contributed by atoms with E-state index >= 15 is 0 Å². The number of rotatable bonds is 2. The van der Waals surface area contributed by atoms with Gasteiger partial charge in [0.05, 0.1) is 5.56 Å². The summed E-state index contributed by atoms with van der Waals surface area (Å²) in [4.78, 5) is 18.8. The average molecular weight is 332 g/mol. The fraction of sp³-hybridized carbons (Fsp3) is 0.333. The van der Waals surface area contributed by atoms with Crippen LogP contribution in [0, 0.1) is 6.92 Å². The van der Waals surface area contributed by atoms with E-state index in [2.05, 4.69) is 36.3 Å². The molecule has 1 N–H and O–H groups in total. The molecule has 1 aliphatic heterocycles. The Kier molecular flexibility index (Phi) is 5.74. The number of carbonyl (C=O) groups is 1. The highest BCUT2D eigenvalue weighted by Gasteiger charge is 2.22. The molecule has 1 saturated heterocycles. The SMILES string of the molecule is Cc1cccc(-c2cncc(C(=O)N3CCN[C@H](C)C3)c2)c1.Cl. The van der Waals surface area contributed by atoms with Crippen LogP contribution in [0.5, 0.6) is 0 Å². The Labute approximate surface area is 143 Å². The molecule has 4 nitrogen and oxygen atoms in total.